The molecule has 3 nitrogen and oxygen atoms in total. The first-order chi connectivity index (χ1) is 8.08. The van der Waals surface area contributed by atoms with Crippen LogP contribution >= 0.6 is 0 Å². The van der Waals surface area contributed by atoms with E-state index in [-0.39, 0.29) is 11.6 Å². The van der Waals surface area contributed by atoms with Crippen LogP contribution in [0.3, 0.4) is 0 Å². The standard InChI is InChI=1S/C12H14FNO2S/c1-9(15)10-2-3-12(11(13)8-10)14-4-6-17(16)7-5-14/h2-3,8H,4-7H2,1H3. The van der Waals surface area contributed by atoms with Crippen molar-refractivity contribution >= 4 is 22.3 Å². The largest absolute Gasteiger partial charge is 0.367 e. The van der Waals surface area contributed by atoms with E-state index in [0.717, 1.165) is 0 Å². The van der Waals surface area contributed by atoms with Gasteiger partial charge in [-0.05, 0) is 25.1 Å². The molecule has 0 atom stereocenters. The molecule has 1 aromatic carbocycles. The van der Waals surface area contributed by atoms with Crippen LogP contribution in [0.2, 0.25) is 0 Å². The van der Waals surface area contributed by atoms with E-state index in [0.29, 0.717) is 35.8 Å². The van der Waals surface area contributed by atoms with Gasteiger partial charge in [0.2, 0.25) is 0 Å². The van der Waals surface area contributed by atoms with Gasteiger partial charge in [0, 0.05) is 41.0 Å². The van der Waals surface area contributed by atoms with Gasteiger partial charge in [-0.25, -0.2) is 4.39 Å². The first kappa shape index (κ1) is 12.2. The summed E-state index contributed by atoms with van der Waals surface area (Å²) in [5.74, 6) is 0.627. The van der Waals surface area contributed by atoms with Gasteiger partial charge in [0.1, 0.15) is 5.82 Å². The molecule has 17 heavy (non-hydrogen) atoms. The van der Waals surface area contributed by atoms with Gasteiger partial charge in [-0.1, -0.05) is 0 Å². The first-order valence-electron chi connectivity index (χ1n) is 5.48. The molecule has 0 bridgehead atoms. The number of rotatable bonds is 2. The van der Waals surface area contributed by atoms with E-state index in [2.05, 4.69) is 0 Å². The van der Waals surface area contributed by atoms with Crippen LogP contribution in [-0.4, -0.2) is 34.6 Å². The summed E-state index contributed by atoms with van der Waals surface area (Å²) in [4.78, 5) is 13.0. The lowest BCUT2D eigenvalue weighted by Crippen LogP contribution is -2.38. The highest BCUT2D eigenvalue weighted by molar-refractivity contribution is 7.85. The predicted molar refractivity (Wildman–Crippen MR) is 66.5 cm³/mol. The van der Waals surface area contributed by atoms with Gasteiger partial charge < -0.3 is 4.90 Å². The molecule has 5 heteroatoms. The molecular formula is C12H14FNO2S. The third-order valence-corrected chi connectivity index (χ3v) is 4.15. The van der Waals surface area contributed by atoms with Crippen LogP contribution in [0.4, 0.5) is 10.1 Å². The summed E-state index contributed by atoms with van der Waals surface area (Å²) in [6, 6.07) is 4.52. The highest BCUT2D eigenvalue weighted by Crippen LogP contribution is 2.22. The Labute approximate surface area is 102 Å². The molecule has 0 amide bonds. The van der Waals surface area contributed by atoms with Crippen LogP contribution in [0, 0.1) is 5.82 Å². The fourth-order valence-corrected chi connectivity index (χ4v) is 2.91. The van der Waals surface area contributed by atoms with Crippen LogP contribution in [0.15, 0.2) is 18.2 Å². The average Bonchev–Trinajstić information content (AvgIpc) is 2.30. The Morgan fingerprint density at radius 2 is 2.00 bits per heavy atom. The summed E-state index contributed by atoms with van der Waals surface area (Å²) < 4.78 is 25.0. The number of halogens is 1. The number of hydrogen-bond donors (Lipinski definition) is 0. The van der Waals surface area contributed by atoms with Gasteiger partial charge >= 0.3 is 0 Å². The summed E-state index contributed by atoms with van der Waals surface area (Å²) >= 11 is 0. The second kappa shape index (κ2) is 4.96. The van der Waals surface area contributed by atoms with Crippen molar-refractivity contribution in [2.75, 3.05) is 29.5 Å². The highest BCUT2D eigenvalue weighted by Gasteiger charge is 2.18. The molecule has 0 radical (unpaired) electrons. The second-order valence-electron chi connectivity index (χ2n) is 4.06. The quantitative estimate of drug-likeness (QED) is 0.753. The predicted octanol–water partition coefficient (Wildman–Crippen LogP) is 1.60. The third kappa shape index (κ3) is 2.72. The molecule has 0 spiro atoms. The Morgan fingerprint density at radius 1 is 1.35 bits per heavy atom. The molecule has 1 aromatic rings. The summed E-state index contributed by atoms with van der Waals surface area (Å²) in [6.07, 6.45) is 0. The Morgan fingerprint density at radius 3 is 2.53 bits per heavy atom. The van der Waals surface area contributed by atoms with Crippen LogP contribution < -0.4 is 4.90 Å². The Balaban J connectivity index is 2.21. The van der Waals surface area contributed by atoms with Gasteiger partial charge in [-0.15, -0.1) is 0 Å². The normalized spacial score (nSPS) is 17.2. The Hall–Kier alpha value is -1.23. The number of anilines is 1. The molecule has 2 rings (SSSR count). The van der Waals surface area contributed by atoms with Gasteiger partial charge in [0.15, 0.2) is 5.78 Å². The summed E-state index contributed by atoms with van der Waals surface area (Å²) in [5, 5.41) is 0. The zero-order chi connectivity index (χ0) is 12.4. The maximum atomic E-state index is 13.8. The number of benzene rings is 1. The summed E-state index contributed by atoms with van der Waals surface area (Å²) in [7, 11) is -0.771. The van der Waals surface area contributed by atoms with Gasteiger partial charge in [0.25, 0.3) is 0 Å². The SMILES string of the molecule is CC(=O)c1ccc(N2CCS(=O)CC2)c(F)c1. The molecule has 1 aliphatic heterocycles. The van der Waals surface area contributed by atoms with Crippen molar-refractivity contribution in [3.05, 3.63) is 29.6 Å². The molecule has 0 unspecified atom stereocenters. The van der Waals surface area contributed by atoms with Crippen molar-refractivity contribution in [2.45, 2.75) is 6.92 Å². The van der Waals surface area contributed by atoms with Gasteiger partial charge in [0.05, 0.1) is 5.69 Å². The molecule has 0 N–H and O–H groups in total. The van der Waals surface area contributed by atoms with E-state index in [1.165, 1.54) is 13.0 Å². The smallest absolute Gasteiger partial charge is 0.159 e. The van der Waals surface area contributed by atoms with Crippen LogP contribution in [0.1, 0.15) is 17.3 Å². The highest BCUT2D eigenvalue weighted by atomic mass is 32.2. The van der Waals surface area contributed by atoms with Crippen molar-refractivity contribution in [1.29, 1.82) is 0 Å². The lowest BCUT2D eigenvalue weighted by Gasteiger charge is -2.28. The number of ketones is 1. The second-order valence-corrected chi connectivity index (χ2v) is 5.75. The minimum atomic E-state index is -0.771. The number of Topliss-reactive ketones (excluding diaryl/α,β-unsaturated/α-hetero) is 1. The van der Waals surface area contributed by atoms with E-state index in [9.17, 15) is 13.4 Å². The molecule has 1 fully saturated rings. The average molecular weight is 255 g/mol. The molecule has 0 aliphatic carbocycles. The van der Waals surface area contributed by atoms with E-state index in [4.69, 9.17) is 0 Å². The molecular weight excluding hydrogens is 241 g/mol. The maximum Gasteiger partial charge on any atom is 0.159 e. The van der Waals surface area contributed by atoms with Crippen molar-refractivity contribution in [3.8, 4) is 0 Å². The van der Waals surface area contributed by atoms with E-state index < -0.39 is 10.8 Å². The van der Waals surface area contributed by atoms with Gasteiger partial charge in [-0.3, -0.25) is 9.00 Å². The third-order valence-electron chi connectivity index (χ3n) is 2.87. The number of hydrogen-bond acceptors (Lipinski definition) is 3. The minimum Gasteiger partial charge on any atom is -0.367 e. The van der Waals surface area contributed by atoms with E-state index in [1.54, 1.807) is 12.1 Å². The van der Waals surface area contributed by atoms with Crippen LogP contribution in [0.25, 0.3) is 0 Å². The fraction of sp³-hybridized carbons (Fsp3) is 0.417. The van der Waals surface area contributed by atoms with E-state index >= 15 is 0 Å². The molecule has 1 aliphatic rings. The molecule has 0 saturated carbocycles. The maximum absolute atomic E-state index is 13.8. The summed E-state index contributed by atoms with van der Waals surface area (Å²) in [5.41, 5.74) is 0.874. The zero-order valence-electron chi connectivity index (χ0n) is 9.61. The number of carbonyl (C=O) groups excluding carboxylic acids is 1. The number of carbonyl (C=O) groups is 1. The van der Waals surface area contributed by atoms with Crippen molar-refractivity contribution in [3.63, 3.8) is 0 Å². The Kier molecular flexibility index (Phi) is 3.57. The van der Waals surface area contributed by atoms with E-state index in [1.807, 2.05) is 4.90 Å². The molecule has 1 saturated heterocycles. The Bertz CT molecular complexity index is 466. The minimum absolute atomic E-state index is 0.143. The summed E-state index contributed by atoms with van der Waals surface area (Å²) in [6.45, 7) is 2.62. The van der Waals surface area contributed by atoms with Crippen LogP contribution in [0.5, 0.6) is 0 Å². The van der Waals surface area contributed by atoms with Crippen molar-refractivity contribution in [1.82, 2.24) is 0 Å². The lowest BCUT2D eigenvalue weighted by atomic mass is 10.1. The fourth-order valence-electron chi connectivity index (χ4n) is 1.86. The molecule has 1 heterocycles. The topological polar surface area (TPSA) is 37.4 Å². The van der Waals surface area contributed by atoms with Crippen LogP contribution in [-0.2, 0) is 10.8 Å². The van der Waals surface area contributed by atoms with Crippen molar-refractivity contribution in [2.24, 2.45) is 0 Å². The molecule has 92 valence electrons. The first-order valence-corrected chi connectivity index (χ1v) is 6.97. The van der Waals surface area contributed by atoms with Crippen molar-refractivity contribution < 1.29 is 13.4 Å². The monoisotopic (exact) mass is 255 g/mol. The zero-order valence-corrected chi connectivity index (χ0v) is 10.4. The number of nitrogens with zero attached hydrogens (tertiary/aromatic N) is 1. The molecule has 0 aromatic heterocycles. The van der Waals surface area contributed by atoms with Gasteiger partial charge in [-0.2, -0.15) is 0 Å². The lowest BCUT2D eigenvalue weighted by molar-refractivity contribution is 0.101.